The Morgan fingerprint density at radius 2 is 2.03 bits per heavy atom. The molecule has 3 heterocycles. The molecule has 0 aliphatic rings. The average Bonchev–Trinajstić information content (AvgIpc) is 3.40. The number of rotatable bonds is 8. The number of hydrogen-bond donors (Lipinski definition) is 1. The third kappa shape index (κ3) is 4.85. The molecule has 1 unspecified atom stereocenters. The first kappa shape index (κ1) is 18.8. The number of benzene rings is 1. The van der Waals surface area contributed by atoms with Gasteiger partial charge in [-0.25, -0.2) is 4.98 Å². The predicted octanol–water partition coefficient (Wildman–Crippen LogP) is 4.26. The summed E-state index contributed by atoms with van der Waals surface area (Å²) < 4.78 is 13.1. The summed E-state index contributed by atoms with van der Waals surface area (Å²) in [5.74, 6) is 1.53. The first-order valence-corrected chi connectivity index (χ1v) is 9.66. The van der Waals surface area contributed by atoms with Crippen LogP contribution in [-0.4, -0.2) is 21.3 Å². The number of imidazole rings is 1. The normalized spacial score (nSPS) is 12.0. The number of nitrogens with one attached hydrogen (secondary N) is 1. The van der Waals surface area contributed by atoms with Crippen molar-refractivity contribution in [3.8, 4) is 5.75 Å². The van der Waals surface area contributed by atoms with Gasteiger partial charge in [-0.2, -0.15) is 0 Å². The van der Waals surface area contributed by atoms with Gasteiger partial charge in [-0.3, -0.25) is 4.79 Å². The summed E-state index contributed by atoms with van der Waals surface area (Å²) in [6.07, 6.45) is 7.18. The molecule has 0 spiro atoms. The first-order valence-electron chi connectivity index (χ1n) is 9.66. The Bertz CT molecular complexity index is 1040. The molecule has 0 fully saturated rings. The van der Waals surface area contributed by atoms with E-state index in [1.165, 1.54) is 0 Å². The highest BCUT2D eigenvalue weighted by atomic mass is 16.5. The minimum Gasteiger partial charge on any atom is -0.487 e. The van der Waals surface area contributed by atoms with Gasteiger partial charge in [0.05, 0.1) is 12.0 Å². The second-order valence-corrected chi connectivity index (χ2v) is 7.00. The molecule has 0 radical (unpaired) electrons. The van der Waals surface area contributed by atoms with Gasteiger partial charge >= 0.3 is 0 Å². The second kappa shape index (κ2) is 8.65. The standard InChI is InChI=1S/C23H23N3O3/c1-17(7-10-20-5-4-14-28-20)24-23(27)18-8-11-21(12-9-18)29-16-19-15-26-13-3-2-6-22(26)25-19/h2-6,8-9,11-15,17H,7,10,16H2,1H3,(H,24,27). The van der Waals surface area contributed by atoms with Crippen molar-refractivity contribution in [3.05, 3.63) is 90.3 Å². The van der Waals surface area contributed by atoms with Gasteiger partial charge in [-0.1, -0.05) is 6.07 Å². The fourth-order valence-corrected chi connectivity index (χ4v) is 3.11. The van der Waals surface area contributed by atoms with Crippen LogP contribution in [0.2, 0.25) is 0 Å². The molecular weight excluding hydrogens is 366 g/mol. The summed E-state index contributed by atoms with van der Waals surface area (Å²) in [6.45, 7) is 2.37. The van der Waals surface area contributed by atoms with Crippen molar-refractivity contribution < 1.29 is 13.9 Å². The highest BCUT2D eigenvalue weighted by Gasteiger charge is 2.11. The van der Waals surface area contributed by atoms with E-state index in [-0.39, 0.29) is 11.9 Å². The molecule has 4 aromatic rings. The molecule has 6 heteroatoms. The number of carbonyl (C=O) groups is 1. The SMILES string of the molecule is CC(CCc1ccco1)NC(=O)c1ccc(OCc2cn3ccccc3n2)cc1. The quantitative estimate of drug-likeness (QED) is 0.489. The Hall–Kier alpha value is -3.54. The van der Waals surface area contributed by atoms with E-state index in [0.717, 1.165) is 29.9 Å². The molecule has 1 amide bonds. The number of aromatic nitrogens is 2. The maximum Gasteiger partial charge on any atom is 0.251 e. The third-order valence-corrected chi connectivity index (χ3v) is 4.70. The van der Waals surface area contributed by atoms with Gasteiger partial charge in [0, 0.05) is 30.4 Å². The Morgan fingerprint density at radius 3 is 2.79 bits per heavy atom. The van der Waals surface area contributed by atoms with Crippen LogP contribution in [0.4, 0.5) is 0 Å². The van der Waals surface area contributed by atoms with Gasteiger partial charge in [-0.05, 0) is 61.9 Å². The van der Waals surface area contributed by atoms with Crippen molar-refractivity contribution in [2.24, 2.45) is 0 Å². The zero-order valence-electron chi connectivity index (χ0n) is 16.2. The zero-order chi connectivity index (χ0) is 20.1. The van der Waals surface area contributed by atoms with E-state index in [0.29, 0.717) is 17.9 Å². The highest BCUT2D eigenvalue weighted by Crippen LogP contribution is 2.15. The number of carbonyl (C=O) groups excluding carboxylic acids is 1. The fourth-order valence-electron chi connectivity index (χ4n) is 3.11. The molecular formula is C23H23N3O3. The topological polar surface area (TPSA) is 68.8 Å². The van der Waals surface area contributed by atoms with Crippen molar-refractivity contribution in [1.82, 2.24) is 14.7 Å². The fraction of sp³-hybridized carbons (Fsp3) is 0.217. The lowest BCUT2D eigenvalue weighted by molar-refractivity contribution is 0.0938. The van der Waals surface area contributed by atoms with Crippen molar-refractivity contribution in [1.29, 1.82) is 0 Å². The van der Waals surface area contributed by atoms with Crippen LogP contribution in [-0.2, 0) is 13.0 Å². The van der Waals surface area contributed by atoms with E-state index in [2.05, 4.69) is 10.3 Å². The number of ether oxygens (including phenoxy) is 1. The average molecular weight is 389 g/mol. The maximum absolute atomic E-state index is 12.4. The Morgan fingerprint density at radius 1 is 1.17 bits per heavy atom. The van der Waals surface area contributed by atoms with Gasteiger partial charge in [0.1, 0.15) is 23.8 Å². The number of pyridine rings is 1. The lowest BCUT2D eigenvalue weighted by Gasteiger charge is -2.13. The number of amides is 1. The van der Waals surface area contributed by atoms with Crippen LogP contribution < -0.4 is 10.1 Å². The van der Waals surface area contributed by atoms with Gasteiger partial charge in [-0.15, -0.1) is 0 Å². The highest BCUT2D eigenvalue weighted by molar-refractivity contribution is 5.94. The Labute approximate surface area is 169 Å². The predicted molar refractivity (Wildman–Crippen MR) is 110 cm³/mol. The lowest BCUT2D eigenvalue weighted by Crippen LogP contribution is -2.32. The smallest absolute Gasteiger partial charge is 0.251 e. The van der Waals surface area contributed by atoms with Crippen molar-refractivity contribution in [2.45, 2.75) is 32.4 Å². The van der Waals surface area contributed by atoms with Crippen LogP contribution in [0, 0.1) is 0 Å². The third-order valence-electron chi connectivity index (χ3n) is 4.70. The molecule has 0 bridgehead atoms. The van der Waals surface area contributed by atoms with E-state index >= 15 is 0 Å². The van der Waals surface area contributed by atoms with Crippen LogP contribution in [0.15, 0.2) is 77.7 Å². The van der Waals surface area contributed by atoms with E-state index in [4.69, 9.17) is 9.15 Å². The summed E-state index contributed by atoms with van der Waals surface area (Å²) in [5, 5.41) is 3.02. The number of fused-ring (bicyclic) bond motifs is 1. The first-order chi connectivity index (χ1) is 14.2. The zero-order valence-corrected chi connectivity index (χ0v) is 16.2. The second-order valence-electron chi connectivity index (χ2n) is 7.00. The van der Waals surface area contributed by atoms with E-state index < -0.39 is 0 Å². The van der Waals surface area contributed by atoms with Gasteiger partial charge in [0.15, 0.2) is 0 Å². The van der Waals surface area contributed by atoms with E-state index in [1.807, 2.05) is 54.0 Å². The Kier molecular flexibility index (Phi) is 5.61. The molecule has 0 aliphatic heterocycles. The number of furan rings is 1. The molecule has 1 aromatic carbocycles. The molecule has 6 nitrogen and oxygen atoms in total. The molecule has 3 aromatic heterocycles. The number of aryl methyl sites for hydroxylation is 1. The van der Waals surface area contributed by atoms with Gasteiger partial charge in [0.25, 0.3) is 5.91 Å². The minimum atomic E-state index is -0.0937. The van der Waals surface area contributed by atoms with Gasteiger partial charge in [0.2, 0.25) is 0 Å². The molecule has 4 rings (SSSR count). The van der Waals surface area contributed by atoms with Gasteiger partial charge < -0.3 is 18.9 Å². The van der Waals surface area contributed by atoms with Crippen molar-refractivity contribution >= 4 is 11.6 Å². The van der Waals surface area contributed by atoms with Crippen LogP contribution in [0.3, 0.4) is 0 Å². The summed E-state index contributed by atoms with van der Waals surface area (Å²) in [6, 6.07) is 16.9. The van der Waals surface area contributed by atoms with Crippen LogP contribution >= 0.6 is 0 Å². The Balaban J connectivity index is 1.28. The van der Waals surface area contributed by atoms with Crippen LogP contribution in [0.5, 0.6) is 5.75 Å². The summed E-state index contributed by atoms with van der Waals surface area (Å²) >= 11 is 0. The summed E-state index contributed by atoms with van der Waals surface area (Å²) in [7, 11) is 0. The molecule has 1 atom stereocenters. The summed E-state index contributed by atoms with van der Waals surface area (Å²) in [4.78, 5) is 16.9. The largest absolute Gasteiger partial charge is 0.487 e. The van der Waals surface area contributed by atoms with E-state index in [9.17, 15) is 4.79 Å². The molecule has 1 N–H and O–H groups in total. The molecule has 0 aliphatic carbocycles. The molecule has 148 valence electrons. The monoisotopic (exact) mass is 389 g/mol. The van der Waals surface area contributed by atoms with Crippen molar-refractivity contribution in [3.63, 3.8) is 0 Å². The maximum atomic E-state index is 12.4. The van der Waals surface area contributed by atoms with E-state index in [1.54, 1.807) is 30.5 Å². The molecule has 29 heavy (non-hydrogen) atoms. The van der Waals surface area contributed by atoms with Crippen LogP contribution in [0.1, 0.15) is 35.2 Å². The van der Waals surface area contributed by atoms with Crippen molar-refractivity contribution in [2.75, 3.05) is 0 Å². The summed E-state index contributed by atoms with van der Waals surface area (Å²) in [5.41, 5.74) is 2.35. The minimum absolute atomic E-state index is 0.0542. The number of hydrogen-bond acceptors (Lipinski definition) is 4. The molecule has 0 saturated heterocycles. The molecule has 0 saturated carbocycles. The number of nitrogens with zero attached hydrogens (tertiary/aromatic N) is 2. The van der Waals surface area contributed by atoms with Crippen LogP contribution in [0.25, 0.3) is 5.65 Å². The lowest BCUT2D eigenvalue weighted by atomic mass is 10.1.